The molecule has 1 fully saturated rings. The zero-order chi connectivity index (χ0) is 19.0. The highest BCUT2D eigenvalue weighted by atomic mass is 16.2. The van der Waals surface area contributed by atoms with Gasteiger partial charge in [0, 0.05) is 50.8 Å². The molecule has 5 heteroatoms. The Morgan fingerprint density at radius 2 is 1.96 bits per heavy atom. The number of carbonyl (C=O) groups excluding carboxylic acids is 1. The molecule has 0 saturated carbocycles. The van der Waals surface area contributed by atoms with Gasteiger partial charge in [-0.2, -0.15) is 5.10 Å². The van der Waals surface area contributed by atoms with E-state index in [4.69, 9.17) is 0 Å². The number of rotatable bonds is 5. The first-order chi connectivity index (χ1) is 12.3. The maximum absolute atomic E-state index is 12.4. The zero-order valence-electron chi connectivity index (χ0n) is 17.2. The molecule has 0 spiro atoms. The first kappa shape index (κ1) is 19.2. The molecule has 0 radical (unpaired) electrons. The molecule has 1 aliphatic heterocycles. The Morgan fingerprint density at radius 1 is 1.23 bits per heavy atom. The number of allylic oxidation sites excluding steroid dienone is 1. The first-order valence-corrected chi connectivity index (χ1v) is 9.94. The fourth-order valence-corrected chi connectivity index (χ4v) is 4.94. The highest BCUT2D eigenvalue weighted by Crippen LogP contribution is 2.39. The van der Waals surface area contributed by atoms with Crippen molar-refractivity contribution in [3.8, 4) is 0 Å². The summed E-state index contributed by atoms with van der Waals surface area (Å²) in [5.74, 6) is 1.90. The van der Waals surface area contributed by atoms with Gasteiger partial charge in [0.2, 0.25) is 5.91 Å². The van der Waals surface area contributed by atoms with Gasteiger partial charge in [-0.15, -0.1) is 0 Å². The summed E-state index contributed by atoms with van der Waals surface area (Å²) in [6.07, 6.45) is 5.51. The van der Waals surface area contributed by atoms with Gasteiger partial charge in [-0.1, -0.05) is 18.6 Å². The number of carbonyl (C=O) groups is 1. The molecule has 2 aliphatic rings. The molecule has 1 aliphatic carbocycles. The Morgan fingerprint density at radius 3 is 2.58 bits per heavy atom. The molecule has 0 bridgehead atoms. The van der Waals surface area contributed by atoms with Crippen LogP contribution in [0.15, 0.2) is 11.6 Å². The van der Waals surface area contributed by atoms with E-state index in [-0.39, 0.29) is 11.9 Å². The van der Waals surface area contributed by atoms with E-state index in [1.54, 1.807) is 0 Å². The highest BCUT2D eigenvalue weighted by molar-refractivity contribution is 5.79. The second-order valence-electron chi connectivity index (χ2n) is 8.39. The number of aromatic nitrogens is 2. The fourth-order valence-electron chi connectivity index (χ4n) is 4.94. The van der Waals surface area contributed by atoms with Crippen LogP contribution in [0.4, 0.5) is 0 Å². The maximum Gasteiger partial charge on any atom is 0.223 e. The minimum Gasteiger partial charge on any atom is -0.338 e. The minimum atomic E-state index is 0.129. The van der Waals surface area contributed by atoms with Crippen molar-refractivity contribution in [3.63, 3.8) is 0 Å². The van der Waals surface area contributed by atoms with Crippen LogP contribution >= 0.6 is 0 Å². The average molecular weight is 359 g/mol. The monoisotopic (exact) mass is 358 g/mol. The van der Waals surface area contributed by atoms with Gasteiger partial charge < -0.3 is 10.2 Å². The standard InChI is InChI=1S/C21H34N4O/c1-13-8-7-9-14(2)18(13)12-22-11-17-10-19(26)24(5)21(17)20-15(3)23-25(6)16(20)4/h8,14,17-18,21-22H,7,9-12H2,1-6H3/t14-,17-,18-,21+/m0/s1. The molecule has 2 heterocycles. The number of nitrogens with one attached hydrogen (secondary N) is 1. The number of hydrogen-bond donors (Lipinski definition) is 1. The molecule has 5 nitrogen and oxygen atoms in total. The van der Waals surface area contributed by atoms with E-state index in [0.717, 1.165) is 24.7 Å². The van der Waals surface area contributed by atoms with Crippen molar-refractivity contribution in [2.45, 2.75) is 53.0 Å². The van der Waals surface area contributed by atoms with Crippen LogP contribution < -0.4 is 5.32 Å². The molecule has 0 aromatic carbocycles. The van der Waals surface area contributed by atoms with Crippen molar-refractivity contribution in [1.29, 1.82) is 0 Å². The molecule has 1 saturated heterocycles. The Balaban J connectivity index is 1.71. The van der Waals surface area contributed by atoms with Crippen LogP contribution in [-0.4, -0.2) is 40.7 Å². The second kappa shape index (κ2) is 7.55. The summed E-state index contributed by atoms with van der Waals surface area (Å²) in [4.78, 5) is 14.4. The van der Waals surface area contributed by atoms with E-state index in [1.807, 2.05) is 23.7 Å². The van der Waals surface area contributed by atoms with Crippen molar-refractivity contribution < 1.29 is 4.79 Å². The molecule has 1 amide bonds. The molecule has 26 heavy (non-hydrogen) atoms. The van der Waals surface area contributed by atoms with Crippen molar-refractivity contribution in [3.05, 3.63) is 28.6 Å². The van der Waals surface area contributed by atoms with Crippen LogP contribution in [0.5, 0.6) is 0 Å². The van der Waals surface area contributed by atoms with E-state index in [9.17, 15) is 4.79 Å². The summed E-state index contributed by atoms with van der Waals surface area (Å²) >= 11 is 0. The van der Waals surface area contributed by atoms with Gasteiger partial charge in [-0.25, -0.2) is 0 Å². The van der Waals surface area contributed by atoms with E-state index in [2.05, 4.69) is 44.2 Å². The Kier molecular flexibility index (Phi) is 5.56. The molecule has 1 aromatic heterocycles. The molecular weight excluding hydrogens is 324 g/mol. The zero-order valence-corrected chi connectivity index (χ0v) is 17.2. The quantitative estimate of drug-likeness (QED) is 0.823. The molecule has 4 atom stereocenters. The molecule has 0 unspecified atom stereocenters. The fraction of sp³-hybridized carbons (Fsp3) is 0.714. The van der Waals surface area contributed by atoms with Crippen LogP contribution in [0.3, 0.4) is 0 Å². The molecule has 1 N–H and O–H groups in total. The SMILES string of the molecule is CC1=CCC[C@H](C)[C@H]1CNC[C@@H]1CC(=O)N(C)[C@H]1c1c(C)nn(C)c1C. The van der Waals surface area contributed by atoms with Gasteiger partial charge >= 0.3 is 0 Å². The van der Waals surface area contributed by atoms with E-state index >= 15 is 0 Å². The second-order valence-corrected chi connectivity index (χ2v) is 8.39. The van der Waals surface area contributed by atoms with Gasteiger partial charge in [-0.05, 0) is 45.4 Å². The van der Waals surface area contributed by atoms with Crippen molar-refractivity contribution in [2.75, 3.05) is 20.1 Å². The van der Waals surface area contributed by atoms with Gasteiger partial charge in [-0.3, -0.25) is 9.48 Å². The summed E-state index contributed by atoms with van der Waals surface area (Å²) in [5, 5.41) is 8.27. The van der Waals surface area contributed by atoms with Crippen LogP contribution in [-0.2, 0) is 11.8 Å². The van der Waals surface area contributed by atoms with Gasteiger partial charge in [0.1, 0.15) is 0 Å². The van der Waals surface area contributed by atoms with Gasteiger partial charge in [0.25, 0.3) is 0 Å². The Bertz CT molecular complexity index is 705. The lowest BCUT2D eigenvalue weighted by Crippen LogP contribution is -2.34. The van der Waals surface area contributed by atoms with Crippen molar-refractivity contribution in [2.24, 2.45) is 24.8 Å². The summed E-state index contributed by atoms with van der Waals surface area (Å²) < 4.78 is 1.93. The summed E-state index contributed by atoms with van der Waals surface area (Å²) in [6, 6.07) is 0.129. The lowest BCUT2D eigenvalue weighted by atomic mass is 9.80. The normalized spacial score (nSPS) is 29.4. The lowest BCUT2D eigenvalue weighted by Gasteiger charge is -2.30. The highest BCUT2D eigenvalue weighted by Gasteiger charge is 2.40. The molecular formula is C21H34N4O. The average Bonchev–Trinajstić information content (AvgIpc) is 2.99. The maximum atomic E-state index is 12.4. The number of hydrogen-bond acceptors (Lipinski definition) is 3. The largest absolute Gasteiger partial charge is 0.338 e. The number of nitrogens with zero attached hydrogens (tertiary/aromatic N) is 3. The lowest BCUT2D eigenvalue weighted by molar-refractivity contribution is -0.127. The summed E-state index contributed by atoms with van der Waals surface area (Å²) in [5.41, 5.74) is 4.96. The van der Waals surface area contributed by atoms with Crippen LogP contribution in [0.25, 0.3) is 0 Å². The van der Waals surface area contributed by atoms with Crippen LogP contribution in [0.1, 0.15) is 56.1 Å². The van der Waals surface area contributed by atoms with Gasteiger partial charge in [0.05, 0.1) is 11.7 Å². The Hall–Kier alpha value is -1.62. The van der Waals surface area contributed by atoms with E-state index < -0.39 is 0 Å². The van der Waals surface area contributed by atoms with Gasteiger partial charge in [0.15, 0.2) is 0 Å². The molecule has 1 aromatic rings. The van der Waals surface area contributed by atoms with Crippen molar-refractivity contribution >= 4 is 5.91 Å². The third-order valence-corrected chi connectivity index (χ3v) is 6.69. The topological polar surface area (TPSA) is 50.2 Å². The van der Waals surface area contributed by atoms with Crippen LogP contribution in [0, 0.1) is 31.6 Å². The van der Waals surface area contributed by atoms with Crippen molar-refractivity contribution in [1.82, 2.24) is 20.0 Å². The third-order valence-electron chi connectivity index (χ3n) is 6.69. The number of amides is 1. The minimum absolute atomic E-state index is 0.129. The van der Waals surface area contributed by atoms with E-state index in [0.29, 0.717) is 18.3 Å². The number of likely N-dealkylation sites (tertiary alicyclic amines) is 1. The predicted molar refractivity (Wildman–Crippen MR) is 105 cm³/mol. The summed E-state index contributed by atoms with van der Waals surface area (Å²) in [6.45, 7) is 10.7. The third kappa shape index (κ3) is 3.46. The Labute approximate surface area is 157 Å². The summed E-state index contributed by atoms with van der Waals surface area (Å²) in [7, 11) is 3.92. The molecule has 144 valence electrons. The van der Waals surface area contributed by atoms with Crippen LogP contribution in [0.2, 0.25) is 0 Å². The first-order valence-electron chi connectivity index (χ1n) is 9.94. The predicted octanol–water partition coefficient (Wildman–Crippen LogP) is 3.14. The van der Waals surface area contributed by atoms with E-state index in [1.165, 1.54) is 29.7 Å². The number of aryl methyl sites for hydroxylation is 2. The molecule has 3 rings (SSSR count). The smallest absolute Gasteiger partial charge is 0.223 e.